The highest BCUT2D eigenvalue weighted by molar-refractivity contribution is 6.31. The summed E-state index contributed by atoms with van der Waals surface area (Å²) in [4.78, 5) is 3.19. The molecule has 0 aromatic carbocycles. The Morgan fingerprint density at radius 3 is 2.43 bits per heavy atom. The molecular formula is C7H5ClF4N2. The summed E-state index contributed by atoms with van der Waals surface area (Å²) in [5, 5.41) is -0.435. The first kappa shape index (κ1) is 11.2. The summed E-state index contributed by atoms with van der Waals surface area (Å²) in [7, 11) is 0. The summed E-state index contributed by atoms with van der Waals surface area (Å²) < 4.78 is 48.7. The van der Waals surface area contributed by atoms with Crippen molar-refractivity contribution < 1.29 is 17.6 Å². The van der Waals surface area contributed by atoms with Crippen LogP contribution in [0, 0.1) is 5.82 Å². The molecule has 0 aliphatic heterocycles. The third-order valence-electron chi connectivity index (χ3n) is 1.48. The van der Waals surface area contributed by atoms with E-state index in [9.17, 15) is 17.6 Å². The molecular weight excluding hydrogens is 224 g/mol. The first-order valence-electron chi connectivity index (χ1n) is 3.45. The SMILES string of the molecule is NC(c1ncc(F)cc1Cl)C(F)(F)F. The van der Waals surface area contributed by atoms with Crippen LogP contribution < -0.4 is 5.73 Å². The second kappa shape index (κ2) is 3.70. The largest absolute Gasteiger partial charge is 0.409 e. The monoisotopic (exact) mass is 228 g/mol. The molecule has 0 bridgehead atoms. The second-order valence-electron chi connectivity index (χ2n) is 2.54. The highest BCUT2D eigenvalue weighted by atomic mass is 35.5. The number of hydrogen-bond acceptors (Lipinski definition) is 2. The highest BCUT2D eigenvalue weighted by Crippen LogP contribution is 2.32. The van der Waals surface area contributed by atoms with Gasteiger partial charge < -0.3 is 5.73 Å². The van der Waals surface area contributed by atoms with Gasteiger partial charge in [0.2, 0.25) is 0 Å². The Morgan fingerprint density at radius 1 is 1.43 bits per heavy atom. The van der Waals surface area contributed by atoms with Crippen molar-refractivity contribution in [1.82, 2.24) is 4.98 Å². The van der Waals surface area contributed by atoms with E-state index in [0.717, 1.165) is 6.07 Å². The minimum atomic E-state index is -4.64. The normalized spacial score (nSPS) is 14.1. The lowest BCUT2D eigenvalue weighted by atomic mass is 10.2. The Kier molecular flexibility index (Phi) is 2.96. The Hall–Kier alpha value is -0.880. The van der Waals surface area contributed by atoms with Crippen molar-refractivity contribution in [3.8, 4) is 0 Å². The van der Waals surface area contributed by atoms with E-state index in [-0.39, 0.29) is 0 Å². The van der Waals surface area contributed by atoms with Gasteiger partial charge in [0.25, 0.3) is 0 Å². The van der Waals surface area contributed by atoms with E-state index >= 15 is 0 Å². The maximum Gasteiger partial charge on any atom is 0.409 e. The molecule has 0 amide bonds. The molecule has 0 saturated heterocycles. The van der Waals surface area contributed by atoms with Gasteiger partial charge in [-0.05, 0) is 6.07 Å². The second-order valence-corrected chi connectivity index (χ2v) is 2.95. The summed E-state index contributed by atoms with van der Waals surface area (Å²) in [6, 6.07) is -1.56. The first-order chi connectivity index (χ1) is 6.32. The molecule has 0 aliphatic rings. The first-order valence-corrected chi connectivity index (χ1v) is 3.83. The van der Waals surface area contributed by atoms with E-state index in [4.69, 9.17) is 17.3 Å². The number of nitrogens with zero attached hydrogens (tertiary/aromatic N) is 1. The zero-order valence-electron chi connectivity index (χ0n) is 6.65. The molecule has 0 spiro atoms. The molecule has 0 saturated carbocycles. The van der Waals surface area contributed by atoms with Gasteiger partial charge in [-0.3, -0.25) is 4.98 Å². The quantitative estimate of drug-likeness (QED) is 0.750. The Labute approximate surface area is 81.7 Å². The summed E-state index contributed by atoms with van der Waals surface area (Å²) >= 11 is 5.35. The van der Waals surface area contributed by atoms with Gasteiger partial charge in [0.15, 0.2) is 0 Å². The van der Waals surface area contributed by atoms with Gasteiger partial charge in [-0.1, -0.05) is 11.6 Å². The lowest BCUT2D eigenvalue weighted by Crippen LogP contribution is -2.29. The van der Waals surface area contributed by atoms with Gasteiger partial charge in [0.05, 0.1) is 16.9 Å². The summed E-state index contributed by atoms with van der Waals surface area (Å²) in [6.45, 7) is 0. The molecule has 14 heavy (non-hydrogen) atoms. The van der Waals surface area contributed by atoms with Gasteiger partial charge in [-0.2, -0.15) is 13.2 Å². The number of aromatic nitrogens is 1. The van der Waals surface area contributed by atoms with Crippen LogP contribution in [0.2, 0.25) is 5.02 Å². The molecule has 1 heterocycles. The fourth-order valence-electron chi connectivity index (χ4n) is 0.809. The number of rotatable bonds is 1. The average molecular weight is 229 g/mol. The third-order valence-corrected chi connectivity index (χ3v) is 1.79. The van der Waals surface area contributed by atoms with E-state index in [0.29, 0.717) is 6.20 Å². The minimum Gasteiger partial charge on any atom is -0.315 e. The van der Waals surface area contributed by atoms with Crippen molar-refractivity contribution in [2.75, 3.05) is 0 Å². The molecule has 7 heteroatoms. The van der Waals surface area contributed by atoms with E-state index in [1.165, 1.54) is 0 Å². The van der Waals surface area contributed by atoms with Gasteiger partial charge in [-0.25, -0.2) is 4.39 Å². The van der Waals surface area contributed by atoms with Crippen LogP contribution in [0.25, 0.3) is 0 Å². The number of halogens is 5. The molecule has 1 rings (SSSR count). The number of pyridine rings is 1. The predicted octanol–water partition coefficient (Wildman–Crippen LogP) is 2.44. The Bertz CT molecular complexity index is 339. The van der Waals surface area contributed by atoms with E-state index in [1.54, 1.807) is 0 Å². The molecule has 2 N–H and O–H groups in total. The van der Waals surface area contributed by atoms with Crippen molar-refractivity contribution in [2.45, 2.75) is 12.2 Å². The molecule has 1 aromatic rings. The molecule has 1 unspecified atom stereocenters. The summed E-state index contributed by atoms with van der Waals surface area (Å²) in [6.07, 6.45) is -4.01. The van der Waals surface area contributed by atoms with Crippen molar-refractivity contribution in [2.24, 2.45) is 5.73 Å². The van der Waals surface area contributed by atoms with Gasteiger partial charge in [0, 0.05) is 0 Å². The molecule has 0 radical (unpaired) electrons. The summed E-state index contributed by atoms with van der Waals surface area (Å²) in [5.74, 6) is -0.812. The lowest BCUT2D eigenvalue weighted by Gasteiger charge is -2.15. The Morgan fingerprint density at radius 2 is 2.00 bits per heavy atom. The van der Waals surface area contributed by atoms with Crippen LogP contribution in [0.1, 0.15) is 11.7 Å². The molecule has 78 valence electrons. The zero-order valence-corrected chi connectivity index (χ0v) is 7.40. The Balaban J connectivity index is 3.08. The van der Waals surface area contributed by atoms with Crippen molar-refractivity contribution in [3.05, 3.63) is 28.8 Å². The van der Waals surface area contributed by atoms with Crippen molar-refractivity contribution in [3.63, 3.8) is 0 Å². The van der Waals surface area contributed by atoms with E-state index < -0.39 is 28.8 Å². The highest BCUT2D eigenvalue weighted by Gasteiger charge is 2.40. The van der Waals surface area contributed by atoms with E-state index in [1.807, 2.05) is 0 Å². The fraction of sp³-hybridized carbons (Fsp3) is 0.286. The van der Waals surface area contributed by atoms with Crippen LogP contribution in [0.4, 0.5) is 17.6 Å². The van der Waals surface area contributed by atoms with Gasteiger partial charge >= 0.3 is 6.18 Å². The molecule has 0 aliphatic carbocycles. The minimum absolute atomic E-state index is 0.435. The molecule has 2 nitrogen and oxygen atoms in total. The van der Waals surface area contributed by atoms with Crippen LogP contribution in [-0.2, 0) is 0 Å². The molecule has 0 fully saturated rings. The van der Waals surface area contributed by atoms with Crippen LogP contribution in [0.5, 0.6) is 0 Å². The topological polar surface area (TPSA) is 38.9 Å². The average Bonchev–Trinajstić information content (AvgIpc) is 2.01. The number of alkyl halides is 3. The summed E-state index contributed by atoms with van der Waals surface area (Å²) in [5.41, 5.74) is 4.25. The number of hydrogen-bond donors (Lipinski definition) is 1. The van der Waals surface area contributed by atoms with Crippen LogP contribution >= 0.6 is 11.6 Å². The lowest BCUT2D eigenvalue weighted by molar-refractivity contribution is -0.150. The smallest absolute Gasteiger partial charge is 0.315 e. The van der Waals surface area contributed by atoms with E-state index in [2.05, 4.69) is 4.98 Å². The zero-order chi connectivity index (χ0) is 10.9. The predicted molar refractivity (Wildman–Crippen MR) is 42.2 cm³/mol. The van der Waals surface area contributed by atoms with Gasteiger partial charge in [0.1, 0.15) is 11.9 Å². The fourth-order valence-corrected chi connectivity index (χ4v) is 1.08. The van der Waals surface area contributed by atoms with Crippen molar-refractivity contribution in [1.29, 1.82) is 0 Å². The van der Waals surface area contributed by atoms with Gasteiger partial charge in [-0.15, -0.1) is 0 Å². The van der Waals surface area contributed by atoms with Crippen LogP contribution in [-0.4, -0.2) is 11.2 Å². The molecule has 1 aromatic heterocycles. The standard InChI is InChI=1S/C7H5ClF4N2/c8-4-1-3(9)2-14-5(4)6(13)7(10,11)12/h1-2,6H,13H2. The van der Waals surface area contributed by atoms with Crippen LogP contribution in [0.15, 0.2) is 12.3 Å². The number of nitrogens with two attached hydrogens (primary N) is 1. The van der Waals surface area contributed by atoms with Crippen LogP contribution in [0.3, 0.4) is 0 Å². The van der Waals surface area contributed by atoms with Crippen molar-refractivity contribution >= 4 is 11.6 Å². The third kappa shape index (κ3) is 2.33. The maximum atomic E-state index is 12.4. The maximum absolute atomic E-state index is 12.4. The molecule has 1 atom stereocenters.